The van der Waals surface area contributed by atoms with Crippen LogP contribution in [0.1, 0.15) is 6.42 Å². The summed E-state index contributed by atoms with van der Waals surface area (Å²) in [7, 11) is 1.85. The molecule has 2 atom stereocenters. The second-order valence-electron chi connectivity index (χ2n) is 6.18. The summed E-state index contributed by atoms with van der Waals surface area (Å²) in [6.45, 7) is 1.13. The highest BCUT2D eigenvalue weighted by molar-refractivity contribution is 5.99. The van der Waals surface area contributed by atoms with E-state index in [0.29, 0.717) is 25.3 Å². The molecule has 2 fully saturated rings. The van der Waals surface area contributed by atoms with Gasteiger partial charge in [-0.15, -0.1) is 0 Å². The van der Waals surface area contributed by atoms with Gasteiger partial charge in [-0.1, -0.05) is 12.1 Å². The van der Waals surface area contributed by atoms with Crippen LogP contribution in [0.4, 0.5) is 10.6 Å². The first-order valence-corrected chi connectivity index (χ1v) is 8.00. The number of fused-ring (bicyclic) bond motifs is 2. The molecule has 0 unspecified atom stereocenters. The van der Waals surface area contributed by atoms with Gasteiger partial charge in [0.15, 0.2) is 5.82 Å². The number of carbonyl (C=O) groups is 2. The fourth-order valence-electron chi connectivity index (χ4n) is 3.37. The van der Waals surface area contributed by atoms with Crippen molar-refractivity contribution in [2.75, 3.05) is 25.0 Å². The first-order chi connectivity index (χ1) is 11.6. The van der Waals surface area contributed by atoms with Crippen LogP contribution >= 0.6 is 0 Å². The molecule has 8 heteroatoms. The molecule has 0 radical (unpaired) electrons. The van der Waals surface area contributed by atoms with Crippen molar-refractivity contribution in [3.8, 4) is 0 Å². The summed E-state index contributed by atoms with van der Waals surface area (Å²) < 4.78 is 7.26. The normalized spacial score (nSPS) is 23.7. The third kappa shape index (κ3) is 2.58. The number of aromatic nitrogens is 2. The van der Waals surface area contributed by atoms with E-state index in [2.05, 4.69) is 15.7 Å². The van der Waals surface area contributed by atoms with E-state index in [1.54, 1.807) is 9.58 Å². The van der Waals surface area contributed by atoms with E-state index in [4.69, 9.17) is 4.74 Å². The monoisotopic (exact) mass is 329 g/mol. The van der Waals surface area contributed by atoms with Gasteiger partial charge < -0.3 is 15.0 Å². The number of urea groups is 1. The maximum absolute atomic E-state index is 12.6. The van der Waals surface area contributed by atoms with Gasteiger partial charge in [-0.3, -0.25) is 14.8 Å². The smallest absolute Gasteiger partial charge is 0.323 e. The maximum atomic E-state index is 12.6. The number of nitrogens with zero attached hydrogens (tertiary/aromatic N) is 3. The highest BCUT2D eigenvalue weighted by Crippen LogP contribution is 2.23. The quantitative estimate of drug-likeness (QED) is 0.806. The standard InChI is InChI=1S/C16H19N5O3/c1-20-12-5-3-2-4-10(12)15(19-20)18-16(23)21-7-6-13-11(8-21)17-14(22)9-24-13/h2-5,11,13H,6-9H2,1H3,(H,17,22)(H,18,19,23)/t11-,13-/m0/s1. The summed E-state index contributed by atoms with van der Waals surface area (Å²) in [6.07, 6.45) is 0.698. The lowest BCUT2D eigenvalue weighted by Crippen LogP contribution is -2.61. The summed E-state index contributed by atoms with van der Waals surface area (Å²) >= 11 is 0. The van der Waals surface area contributed by atoms with Gasteiger partial charge in [-0.2, -0.15) is 5.10 Å². The van der Waals surface area contributed by atoms with Crippen LogP contribution in [-0.2, 0) is 16.6 Å². The lowest BCUT2D eigenvalue weighted by atomic mass is 10.0. The Bertz CT molecular complexity index is 802. The molecule has 0 bridgehead atoms. The Morgan fingerprint density at radius 2 is 2.25 bits per heavy atom. The Morgan fingerprint density at radius 3 is 3.12 bits per heavy atom. The van der Waals surface area contributed by atoms with Gasteiger partial charge >= 0.3 is 6.03 Å². The molecular weight excluding hydrogens is 310 g/mol. The van der Waals surface area contributed by atoms with Gasteiger partial charge in [-0.05, 0) is 18.6 Å². The van der Waals surface area contributed by atoms with E-state index in [0.717, 1.165) is 10.9 Å². The number of aryl methyl sites for hydroxylation is 1. The lowest BCUT2D eigenvalue weighted by molar-refractivity contribution is -0.139. The number of amides is 3. The van der Waals surface area contributed by atoms with Gasteiger partial charge in [0.2, 0.25) is 5.91 Å². The number of rotatable bonds is 1. The molecule has 1 aromatic carbocycles. The molecule has 24 heavy (non-hydrogen) atoms. The number of nitrogens with one attached hydrogen (secondary N) is 2. The van der Waals surface area contributed by atoms with Crippen LogP contribution in [0.3, 0.4) is 0 Å². The first kappa shape index (κ1) is 14.9. The van der Waals surface area contributed by atoms with Crippen molar-refractivity contribution in [2.45, 2.75) is 18.6 Å². The molecule has 2 aromatic rings. The number of morpholine rings is 1. The van der Waals surface area contributed by atoms with Crippen LogP contribution in [0, 0.1) is 0 Å². The zero-order valence-electron chi connectivity index (χ0n) is 13.4. The van der Waals surface area contributed by atoms with Crippen LogP contribution in [-0.4, -0.2) is 58.5 Å². The van der Waals surface area contributed by atoms with E-state index in [1.807, 2.05) is 31.3 Å². The fourth-order valence-corrected chi connectivity index (χ4v) is 3.37. The molecule has 3 amide bonds. The summed E-state index contributed by atoms with van der Waals surface area (Å²) in [6, 6.07) is 7.38. The summed E-state index contributed by atoms with van der Waals surface area (Å²) in [5.74, 6) is 0.415. The molecule has 0 aliphatic carbocycles. The number of likely N-dealkylation sites (tertiary alicyclic amines) is 1. The van der Waals surface area contributed by atoms with Crippen LogP contribution in [0.15, 0.2) is 24.3 Å². The number of benzene rings is 1. The van der Waals surface area contributed by atoms with E-state index in [1.165, 1.54) is 0 Å². The Kier molecular flexibility index (Phi) is 3.61. The molecule has 2 saturated heterocycles. The van der Waals surface area contributed by atoms with Gasteiger partial charge in [0, 0.05) is 25.5 Å². The fraction of sp³-hybridized carbons (Fsp3) is 0.438. The summed E-state index contributed by atoms with van der Waals surface area (Å²) in [5.41, 5.74) is 0.958. The second kappa shape index (κ2) is 5.79. The van der Waals surface area contributed by atoms with Gasteiger partial charge in [0.05, 0.1) is 17.7 Å². The molecule has 2 N–H and O–H groups in total. The number of carbonyl (C=O) groups excluding carboxylic acids is 2. The third-order valence-corrected chi connectivity index (χ3v) is 4.59. The average Bonchev–Trinajstić information content (AvgIpc) is 2.90. The van der Waals surface area contributed by atoms with Crippen molar-refractivity contribution in [2.24, 2.45) is 7.05 Å². The van der Waals surface area contributed by atoms with Crippen molar-refractivity contribution < 1.29 is 14.3 Å². The SMILES string of the molecule is Cn1nc(NC(=O)N2CC[C@@H]3OCC(=O)N[C@H]3C2)c2ccccc21. The maximum Gasteiger partial charge on any atom is 0.323 e. The molecule has 2 aliphatic rings. The number of anilines is 1. The largest absolute Gasteiger partial charge is 0.366 e. The van der Waals surface area contributed by atoms with Crippen LogP contribution < -0.4 is 10.6 Å². The van der Waals surface area contributed by atoms with Crippen molar-refractivity contribution in [3.05, 3.63) is 24.3 Å². The van der Waals surface area contributed by atoms with Gasteiger partial charge in [-0.25, -0.2) is 4.79 Å². The molecule has 2 aliphatic heterocycles. The molecule has 0 spiro atoms. The molecule has 1 aromatic heterocycles. The van der Waals surface area contributed by atoms with Crippen LogP contribution in [0.5, 0.6) is 0 Å². The van der Waals surface area contributed by atoms with E-state index < -0.39 is 0 Å². The van der Waals surface area contributed by atoms with Crippen LogP contribution in [0.2, 0.25) is 0 Å². The number of para-hydroxylation sites is 1. The highest BCUT2D eigenvalue weighted by Gasteiger charge is 2.36. The minimum atomic E-state index is -0.211. The molecule has 126 valence electrons. The van der Waals surface area contributed by atoms with Crippen molar-refractivity contribution in [3.63, 3.8) is 0 Å². The molecule has 0 saturated carbocycles. The number of piperidine rings is 1. The van der Waals surface area contributed by atoms with E-state index >= 15 is 0 Å². The van der Waals surface area contributed by atoms with Gasteiger partial charge in [0.1, 0.15) is 6.61 Å². The summed E-state index contributed by atoms with van der Waals surface area (Å²) in [4.78, 5) is 25.7. The van der Waals surface area contributed by atoms with E-state index in [-0.39, 0.29) is 30.7 Å². The van der Waals surface area contributed by atoms with Crippen molar-refractivity contribution in [1.29, 1.82) is 0 Å². The Labute approximate surface area is 138 Å². The third-order valence-electron chi connectivity index (χ3n) is 4.59. The predicted molar refractivity (Wildman–Crippen MR) is 87.6 cm³/mol. The van der Waals surface area contributed by atoms with Gasteiger partial charge in [0.25, 0.3) is 0 Å². The molecule has 3 heterocycles. The summed E-state index contributed by atoms with van der Waals surface area (Å²) in [5, 5.41) is 11.1. The Balaban J connectivity index is 1.49. The number of hydrogen-bond donors (Lipinski definition) is 2. The van der Waals surface area contributed by atoms with Crippen molar-refractivity contribution in [1.82, 2.24) is 20.0 Å². The van der Waals surface area contributed by atoms with Crippen LogP contribution in [0.25, 0.3) is 10.9 Å². The molecule has 8 nitrogen and oxygen atoms in total. The second-order valence-corrected chi connectivity index (χ2v) is 6.18. The van der Waals surface area contributed by atoms with E-state index in [9.17, 15) is 9.59 Å². The average molecular weight is 329 g/mol. The topological polar surface area (TPSA) is 88.5 Å². The zero-order valence-corrected chi connectivity index (χ0v) is 13.4. The lowest BCUT2D eigenvalue weighted by Gasteiger charge is -2.40. The molecule has 4 rings (SSSR count). The predicted octanol–water partition coefficient (Wildman–Crippen LogP) is 0.695. The Hall–Kier alpha value is -2.61. The highest BCUT2D eigenvalue weighted by atomic mass is 16.5. The van der Waals surface area contributed by atoms with Crippen molar-refractivity contribution >= 4 is 28.7 Å². The number of hydrogen-bond acceptors (Lipinski definition) is 4. The first-order valence-electron chi connectivity index (χ1n) is 8.00. The minimum absolute atomic E-state index is 0.0116. The number of ether oxygens (including phenoxy) is 1. The molecular formula is C16H19N5O3. The Morgan fingerprint density at radius 1 is 1.42 bits per heavy atom. The zero-order chi connectivity index (χ0) is 16.7. The minimum Gasteiger partial charge on any atom is -0.366 e.